The van der Waals surface area contributed by atoms with Crippen molar-refractivity contribution in [1.82, 2.24) is 10.2 Å². The van der Waals surface area contributed by atoms with Crippen molar-refractivity contribution in [2.75, 3.05) is 24.5 Å². The topological polar surface area (TPSA) is 96.0 Å². The van der Waals surface area contributed by atoms with Gasteiger partial charge < -0.3 is 15.0 Å². The lowest BCUT2D eigenvalue weighted by atomic mass is 10.1. The van der Waals surface area contributed by atoms with Crippen molar-refractivity contribution >= 4 is 66.7 Å². The monoisotopic (exact) mass is 711 g/mol. The third-order valence-corrected chi connectivity index (χ3v) is 9.86. The summed E-state index contributed by atoms with van der Waals surface area (Å²) in [6.07, 6.45) is 1.98. The van der Waals surface area contributed by atoms with Gasteiger partial charge in [0.05, 0.1) is 22.2 Å². The van der Waals surface area contributed by atoms with E-state index >= 15 is 0 Å². The maximum absolute atomic E-state index is 14.2. The van der Waals surface area contributed by atoms with Crippen molar-refractivity contribution in [1.29, 1.82) is 0 Å². The van der Waals surface area contributed by atoms with E-state index in [1.54, 1.807) is 49.4 Å². The summed E-state index contributed by atoms with van der Waals surface area (Å²) in [6.45, 7) is 5.59. The highest BCUT2D eigenvalue weighted by atomic mass is 79.9. The van der Waals surface area contributed by atoms with Crippen LogP contribution in [-0.4, -0.2) is 51.4 Å². The molecule has 0 fully saturated rings. The maximum atomic E-state index is 14.2. The SMILES string of the molecule is CCCCNC(=O)[C@H](CC)N(Cc1ccc(Cl)cc1Cl)C(=O)CN(c1ccc(C)cc1)S(=O)(=O)c1ccc(OC)c(Br)c1. The van der Waals surface area contributed by atoms with E-state index in [0.29, 0.717) is 44.5 Å². The maximum Gasteiger partial charge on any atom is 0.264 e. The third-order valence-electron chi connectivity index (χ3n) is 6.88. The molecule has 1 atom stereocenters. The molecule has 8 nitrogen and oxygen atoms in total. The van der Waals surface area contributed by atoms with E-state index in [4.69, 9.17) is 27.9 Å². The van der Waals surface area contributed by atoms with Crippen LogP contribution in [0.4, 0.5) is 5.69 Å². The molecule has 0 saturated heterocycles. The second-order valence-electron chi connectivity index (χ2n) is 9.97. The Morgan fingerprint density at radius 3 is 2.30 bits per heavy atom. The van der Waals surface area contributed by atoms with E-state index < -0.39 is 28.5 Å². The molecule has 2 amide bonds. The lowest BCUT2D eigenvalue weighted by Crippen LogP contribution is -2.52. The van der Waals surface area contributed by atoms with Crippen LogP contribution in [0, 0.1) is 6.92 Å². The Kier molecular flexibility index (Phi) is 12.7. The molecule has 12 heteroatoms. The molecular weight excluding hydrogens is 677 g/mol. The summed E-state index contributed by atoms with van der Waals surface area (Å²) < 4.78 is 35.0. The summed E-state index contributed by atoms with van der Waals surface area (Å²) in [5.74, 6) is -0.429. The number of nitrogens with zero attached hydrogens (tertiary/aromatic N) is 2. The molecule has 0 saturated carbocycles. The normalized spacial score (nSPS) is 12.0. The van der Waals surface area contributed by atoms with E-state index in [2.05, 4.69) is 21.2 Å². The molecule has 0 radical (unpaired) electrons. The number of hydrogen-bond donors (Lipinski definition) is 1. The van der Waals surface area contributed by atoms with Gasteiger partial charge in [-0.2, -0.15) is 0 Å². The number of benzene rings is 3. The van der Waals surface area contributed by atoms with E-state index in [-0.39, 0.29) is 17.3 Å². The number of halogens is 3. The van der Waals surface area contributed by atoms with Gasteiger partial charge in [0, 0.05) is 23.1 Å². The molecule has 1 N–H and O–H groups in total. The first-order valence-electron chi connectivity index (χ1n) is 13.9. The van der Waals surface area contributed by atoms with Crippen molar-refractivity contribution in [3.8, 4) is 5.75 Å². The molecule has 0 bridgehead atoms. The number of amides is 2. The molecule has 0 aromatic heterocycles. The predicted octanol–water partition coefficient (Wildman–Crippen LogP) is 6.99. The van der Waals surface area contributed by atoms with Crippen LogP contribution in [0.25, 0.3) is 0 Å². The highest BCUT2D eigenvalue weighted by molar-refractivity contribution is 9.10. The Morgan fingerprint density at radius 2 is 1.72 bits per heavy atom. The predicted molar refractivity (Wildman–Crippen MR) is 175 cm³/mol. The Bertz CT molecular complexity index is 1540. The van der Waals surface area contributed by atoms with Gasteiger partial charge in [0.1, 0.15) is 18.3 Å². The number of nitrogens with one attached hydrogen (secondary N) is 1. The Labute approximate surface area is 272 Å². The summed E-state index contributed by atoms with van der Waals surface area (Å²) in [7, 11) is -2.76. The number of sulfonamides is 1. The summed E-state index contributed by atoms with van der Waals surface area (Å²) in [5.41, 5.74) is 1.80. The van der Waals surface area contributed by atoms with Crippen LogP contribution in [0.2, 0.25) is 10.0 Å². The third kappa shape index (κ3) is 8.88. The molecule has 0 spiro atoms. The zero-order valence-corrected chi connectivity index (χ0v) is 28.5. The molecule has 0 aliphatic heterocycles. The Morgan fingerprint density at radius 1 is 1.02 bits per heavy atom. The Balaban J connectivity index is 2.08. The van der Waals surface area contributed by atoms with Crippen molar-refractivity contribution in [2.24, 2.45) is 0 Å². The minimum atomic E-state index is -4.24. The number of anilines is 1. The smallest absolute Gasteiger partial charge is 0.264 e. The van der Waals surface area contributed by atoms with Gasteiger partial charge in [-0.05, 0) is 83.7 Å². The molecule has 0 unspecified atom stereocenters. The number of hydrogen-bond acceptors (Lipinski definition) is 5. The zero-order valence-electron chi connectivity index (χ0n) is 24.6. The van der Waals surface area contributed by atoms with Gasteiger partial charge in [0.25, 0.3) is 10.0 Å². The Hall–Kier alpha value is -2.79. The first-order chi connectivity index (χ1) is 20.4. The molecule has 3 aromatic rings. The summed E-state index contributed by atoms with van der Waals surface area (Å²) in [4.78, 5) is 28.9. The van der Waals surface area contributed by atoms with Gasteiger partial charge >= 0.3 is 0 Å². The van der Waals surface area contributed by atoms with Crippen molar-refractivity contribution in [3.63, 3.8) is 0 Å². The van der Waals surface area contributed by atoms with Gasteiger partial charge in [-0.25, -0.2) is 8.42 Å². The average molecular weight is 714 g/mol. The van der Waals surface area contributed by atoms with Crippen LogP contribution in [0.5, 0.6) is 5.75 Å². The fourth-order valence-corrected chi connectivity index (χ4v) is 7.04. The molecule has 0 aliphatic rings. The van der Waals surface area contributed by atoms with Gasteiger partial charge in [-0.15, -0.1) is 0 Å². The number of carbonyl (C=O) groups is 2. The van der Waals surface area contributed by atoms with Crippen LogP contribution in [-0.2, 0) is 26.2 Å². The molecule has 3 aromatic carbocycles. The van der Waals surface area contributed by atoms with Gasteiger partial charge in [-0.3, -0.25) is 13.9 Å². The highest BCUT2D eigenvalue weighted by Crippen LogP contribution is 2.31. The second kappa shape index (κ2) is 15.8. The number of methoxy groups -OCH3 is 1. The molecule has 3 rings (SSSR count). The van der Waals surface area contributed by atoms with E-state index in [1.165, 1.54) is 30.2 Å². The molecule has 0 aliphatic carbocycles. The number of unbranched alkanes of at least 4 members (excludes halogenated alkanes) is 1. The minimum Gasteiger partial charge on any atom is -0.496 e. The van der Waals surface area contributed by atoms with Gasteiger partial charge in [0.15, 0.2) is 0 Å². The van der Waals surface area contributed by atoms with Crippen LogP contribution >= 0.6 is 39.1 Å². The van der Waals surface area contributed by atoms with Gasteiger partial charge in [-0.1, -0.05) is 67.2 Å². The van der Waals surface area contributed by atoms with E-state index in [0.717, 1.165) is 22.7 Å². The first kappa shape index (κ1) is 34.7. The van der Waals surface area contributed by atoms with Crippen LogP contribution in [0.1, 0.15) is 44.2 Å². The molecule has 43 heavy (non-hydrogen) atoms. The van der Waals surface area contributed by atoms with E-state index in [9.17, 15) is 18.0 Å². The van der Waals surface area contributed by atoms with Crippen LogP contribution < -0.4 is 14.4 Å². The summed E-state index contributed by atoms with van der Waals surface area (Å²) in [6, 6.07) is 15.3. The molecule has 0 heterocycles. The number of carbonyl (C=O) groups excluding carboxylic acids is 2. The molecule has 232 valence electrons. The van der Waals surface area contributed by atoms with Crippen molar-refractivity contribution < 1.29 is 22.7 Å². The fraction of sp³-hybridized carbons (Fsp3) is 0.355. The first-order valence-corrected chi connectivity index (χ1v) is 16.9. The standard InChI is InChI=1S/C31H36BrCl2N3O5S/c1-5-7-16-35-31(39)28(6-2)36(19-22-10-11-23(33)17-27(22)34)30(38)20-37(24-12-8-21(3)9-13-24)43(40,41)25-14-15-29(42-4)26(32)18-25/h8-15,17-18,28H,5-7,16,19-20H2,1-4H3,(H,35,39)/t28-/m0/s1. The second-order valence-corrected chi connectivity index (χ2v) is 13.5. The quantitative estimate of drug-likeness (QED) is 0.182. The van der Waals surface area contributed by atoms with Gasteiger partial charge in [0.2, 0.25) is 11.8 Å². The zero-order chi connectivity index (χ0) is 31.7. The van der Waals surface area contributed by atoms with E-state index in [1.807, 2.05) is 13.8 Å². The largest absolute Gasteiger partial charge is 0.496 e. The number of aryl methyl sites for hydroxylation is 1. The highest BCUT2D eigenvalue weighted by Gasteiger charge is 2.34. The minimum absolute atomic E-state index is 0.0234. The summed E-state index contributed by atoms with van der Waals surface area (Å²) in [5, 5.41) is 3.67. The fourth-order valence-electron chi connectivity index (χ4n) is 4.43. The van der Waals surface area contributed by atoms with Crippen molar-refractivity contribution in [2.45, 2.75) is 57.5 Å². The van der Waals surface area contributed by atoms with Crippen LogP contribution in [0.3, 0.4) is 0 Å². The lowest BCUT2D eigenvalue weighted by molar-refractivity contribution is -0.140. The van der Waals surface area contributed by atoms with Crippen LogP contribution in [0.15, 0.2) is 70.0 Å². The van der Waals surface area contributed by atoms with Crippen molar-refractivity contribution in [3.05, 3.63) is 86.3 Å². The molecular formula is C31H36BrCl2N3O5S. The number of ether oxygens (including phenoxy) is 1. The number of rotatable bonds is 14. The lowest BCUT2D eigenvalue weighted by Gasteiger charge is -2.33. The average Bonchev–Trinajstić information content (AvgIpc) is 2.97. The summed E-state index contributed by atoms with van der Waals surface area (Å²) >= 11 is 15.9.